The van der Waals surface area contributed by atoms with Crippen molar-refractivity contribution in [3.63, 3.8) is 0 Å². The zero-order valence-corrected chi connectivity index (χ0v) is 14.8. The first-order chi connectivity index (χ1) is 11.3. The maximum atomic E-state index is 12.7. The van der Waals surface area contributed by atoms with Gasteiger partial charge in [-0.15, -0.1) is 0 Å². The molecule has 0 atom stereocenters. The Kier molecular flexibility index (Phi) is 6.51. The summed E-state index contributed by atoms with van der Waals surface area (Å²) in [5, 5.41) is 0. The molecule has 0 aromatic heterocycles. The monoisotopic (exact) mass is 409 g/mol. The van der Waals surface area contributed by atoms with Crippen LogP contribution >= 0.6 is 15.9 Å². The number of methoxy groups -OCH3 is 1. The number of piperidine rings is 1. The molecule has 1 aliphatic heterocycles. The highest BCUT2D eigenvalue weighted by Gasteiger charge is 2.31. The number of alkyl halides is 3. The van der Waals surface area contributed by atoms with Crippen molar-refractivity contribution in [3.8, 4) is 5.75 Å². The fraction of sp³-hybridized carbons (Fsp3) is 0.562. The molecule has 0 radical (unpaired) electrons. The summed E-state index contributed by atoms with van der Waals surface area (Å²) in [5.74, 6) is -0.0714. The minimum atomic E-state index is -4.39. The average Bonchev–Trinajstić information content (AvgIpc) is 2.55. The van der Waals surface area contributed by atoms with Crippen LogP contribution in [-0.2, 0) is 15.7 Å². The Morgan fingerprint density at radius 2 is 2.00 bits per heavy atom. The molecular formula is C16H19BrF3NO3. The molecule has 0 N–H and O–H groups in total. The zero-order chi connectivity index (χ0) is 17.7. The van der Waals surface area contributed by atoms with Gasteiger partial charge in [-0.25, -0.2) is 0 Å². The quantitative estimate of drug-likeness (QED) is 0.694. The number of esters is 1. The third kappa shape index (κ3) is 5.11. The van der Waals surface area contributed by atoms with Gasteiger partial charge in [0, 0.05) is 6.54 Å². The van der Waals surface area contributed by atoms with Crippen LogP contribution in [0.15, 0.2) is 22.7 Å². The van der Waals surface area contributed by atoms with Gasteiger partial charge in [0.2, 0.25) is 0 Å². The highest BCUT2D eigenvalue weighted by Crippen LogP contribution is 2.35. The molecule has 1 aromatic carbocycles. The molecular weight excluding hydrogens is 391 g/mol. The Morgan fingerprint density at radius 1 is 1.33 bits per heavy atom. The van der Waals surface area contributed by atoms with E-state index in [0.717, 1.165) is 38.1 Å². The molecule has 0 saturated carbocycles. The van der Waals surface area contributed by atoms with Gasteiger partial charge in [0.25, 0.3) is 0 Å². The van der Waals surface area contributed by atoms with E-state index in [1.54, 1.807) is 0 Å². The third-order valence-electron chi connectivity index (χ3n) is 4.05. The summed E-state index contributed by atoms with van der Waals surface area (Å²) in [6, 6.07) is 3.34. The van der Waals surface area contributed by atoms with Crippen LogP contribution in [0.5, 0.6) is 5.75 Å². The normalized spacial score (nSPS) is 16.9. The smallest absolute Gasteiger partial charge is 0.416 e. The van der Waals surface area contributed by atoms with E-state index in [-0.39, 0.29) is 24.2 Å². The van der Waals surface area contributed by atoms with E-state index in [0.29, 0.717) is 11.0 Å². The number of benzene rings is 1. The van der Waals surface area contributed by atoms with Gasteiger partial charge < -0.3 is 9.47 Å². The van der Waals surface area contributed by atoms with Crippen molar-refractivity contribution in [1.82, 2.24) is 4.90 Å². The molecule has 1 aromatic rings. The number of nitrogens with zero attached hydrogens (tertiary/aromatic N) is 1. The number of rotatable bonds is 5. The SMILES string of the molecule is COC(=O)C1CCN(CCOc2cc(C(F)(F)F)ccc2Br)CC1. The molecule has 0 amide bonds. The van der Waals surface area contributed by atoms with Gasteiger partial charge in [-0.05, 0) is 60.1 Å². The standard InChI is InChI=1S/C16H19BrF3NO3/c1-23-15(22)11-4-6-21(7-5-11)8-9-24-14-10-12(16(18,19)20)2-3-13(14)17/h2-3,10-11H,4-9H2,1H3. The van der Waals surface area contributed by atoms with E-state index in [4.69, 9.17) is 9.47 Å². The number of halogens is 4. The largest absolute Gasteiger partial charge is 0.491 e. The molecule has 1 aliphatic rings. The average molecular weight is 410 g/mol. The predicted octanol–water partition coefficient (Wildman–Crippen LogP) is 3.73. The number of ether oxygens (including phenoxy) is 2. The summed E-state index contributed by atoms with van der Waals surface area (Å²) in [6.45, 7) is 2.36. The van der Waals surface area contributed by atoms with Crippen LogP contribution in [0.1, 0.15) is 18.4 Å². The molecule has 0 spiro atoms. The fourth-order valence-corrected chi connectivity index (χ4v) is 3.00. The molecule has 8 heteroatoms. The van der Waals surface area contributed by atoms with Gasteiger partial charge in [-0.2, -0.15) is 13.2 Å². The van der Waals surface area contributed by atoms with Crippen molar-refractivity contribution in [3.05, 3.63) is 28.2 Å². The van der Waals surface area contributed by atoms with Crippen molar-refractivity contribution in [2.24, 2.45) is 5.92 Å². The summed E-state index contributed by atoms with van der Waals surface area (Å²) in [5.41, 5.74) is -0.736. The Bertz CT molecular complexity index is 572. The Hall–Kier alpha value is -1.28. The second-order valence-electron chi connectivity index (χ2n) is 5.63. The van der Waals surface area contributed by atoms with Crippen LogP contribution < -0.4 is 4.74 Å². The number of hydrogen-bond acceptors (Lipinski definition) is 4. The molecule has 1 heterocycles. The van der Waals surface area contributed by atoms with Crippen molar-refractivity contribution in [2.75, 3.05) is 33.4 Å². The van der Waals surface area contributed by atoms with E-state index < -0.39 is 11.7 Å². The first kappa shape index (κ1) is 19.1. The van der Waals surface area contributed by atoms with E-state index >= 15 is 0 Å². The summed E-state index contributed by atoms with van der Waals surface area (Å²) in [6.07, 6.45) is -2.95. The molecule has 24 heavy (non-hydrogen) atoms. The van der Waals surface area contributed by atoms with Crippen LogP contribution in [0, 0.1) is 5.92 Å². The van der Waals surface area contributed by atoms with Crippen molar-refractivity contribution < 1.29 is 27.4 Å². The number of carbonyl (C=O) groups excluding carboxylic acids is 1. The molecule has 0 bridgehead atoms. The fourth-order valence-electron chi connectivity index (χ4n) is 2.63. The second-order valence-corrected chi connectivity index (χ2v) is 6.48. The molecule has 0 unspecified atom stereocenters. The lowest BCUT2D eigenvalue weighted by Crippen LogP contribution is -2.38. The van der Waals surface area contributed by atoms with Gasteiger partial charge in [0.1, 0.15) is 12.4 Å². The minimum Gasteiger partial charge on any atom is -0.491 e. The van der Waals surface area contributed by atoms with E-state index in [1.807, 2.05) is 0 Å². The Labute approximate surface area is 147 Å². The first-order valence-electron chi connectivity index (χ1n) is 7.61. The molecule has 1 fully saturated rings. The third-order valence-corrected chi connectivity index (χ3v) is 4.70. The molecule has 134 valence electrons. The highest BCUT2D eigenvalue weighted by molar-refractivity contribution is 9.10. The summed E-state index contributed by atoms with van der Waals surface area (Å²) in [4.78, 5) is 13.6. The van der Waals surface area contributed by atoms with E-state index in [2.05, 4.69) is 20.8 Å². The van der Waals surface area contributed by atoms with Crippen molar-refractivity contribution in [1.29, 1.82) is 0 Å². The van der Waals surface area contributed by atoms with E-state index in [9.17, 15) is 18.0 Å². The van der Waals surface area contributed by atoms with Gasteiger partial charge in [-0.3, -0.25) is 9.69 Å². The van der Waals surface area contributed by atoms with Crippen LogP contribution in [0.4, 0.5) is 13.2 Å². The van der Waals surface area contributed by atoms with Gasteiger partial charge in [-0.1, -0.05) is 0 Å². The highest BCUT2D eigenvalue weighted by atomic mass is 79.9. The van der Waals surface area contributed by atoms with Crippen molar-refractivity contribution >= 4 is 21.9 Å². The number of carbonyl (C=O) groups is 1. The summed E-state index contributed by atoms with van der Waals surface area (Å²) >= 11 is 3.20. The Morgan fingerprint density at radius 3 is 2.58 bits per heavy atom. The van der Waals surface area contributed by atoms with Crippen LogP contribution in [0.25, 0.3) is 0 Å². The van der Waals surface area contributed by atoms with Crippen molar-refractivity contribution in [2.45, 2.75) is 19.0 Å². The Balaban J connectivity index is 1.82. The zero-order valence-electron chi connectivity index (χ0n) is 13.2. The van der Waals surface area contributed by atoms with Gasteiger partial charge in [0.05, 0.1) is 23.1 Å². The lowest BCUT2D eigenvalue weighted by Gasteiger charge is -2.30. The molecule has 1 saturated heterocycles. The predicted molar refractivity (Wildman–Crippen MR) is 85.8 cm³/mol. The molecule has 2 rings (SSSR count). The summed E-state index contributed by atoms with van der Waals surface area (Å²) < 4.78 is 48.9. The maximum absolute atomic E-state index is 12.7. The van der Waals surface area contributed by atoms with Gasteiger partial charge >= 0.3 is 12.1 Å². The minimum absolute atomic E-state index is 0.0650. The topological polar surface area (TPSA) is 38.8 Å². The number of hydrogen-bond donors (Lipinski definition) is 0. The second kappa shape index (κ2) is 8.20. The molecule has 4 nitrogen and oxygen atoms in total. The lowest BCUT2D eigenvalue weighted by atomic mass is 9.97. The first-order valence-corrected chi connectivity index (χ1v) is 8.40. The summed E-state index contributed by atoms with van der Waals surface area (Å²) in [7, 11) is 1.38. The lowest BCUT2D eigenvalue weighted by molar-refractivity contribution is -0.147. The van der Waals surface area contributed by atoms with Crippen LogP contribution in [0.2, 0.25) is 0 Å². The van der Waals surface area contributed by atoms with E-state index in [1.165, 1.54) is 13.2 Å². The van der Waals surface area contributed by atoms with Crippen LogP contribution in [-0.4, -0.2) is 44.2 Å². The van der Waals surface area contributed by atoms with Crippen LogP contribution in [0.3, 0.4) is 0 Å². The molecule has 0 aliphatic carbocycles. The maximum Gasteiger partial charge on any atom is 0.416 e. The number of likely N-dealkylation sites (tertiary alicyclic amines) is 1. The van der Waals surface area contributed by atoms with Gasteiger partial charge in [0.15, 0.2) is 0 Å².